The van der Waals surface area contributed by atoms with E-state index in [0.717, 1.165) is 16.5 Å². The van der Waals surface area contributed by atoms with Gasteiger partial charge in [0.25, 0.3) is 0 Å². The number of carbonyl (C=O) groups excluding carboxylic acids is 1. The first-order chi connectivity index (χ1) is 10.2. The van der Waals surface area contributed by atoms with Gasteiger partial charge >= 0.3 is 0 Å². The average molecular weight is 304 g/mol. The Bertz CT molecular complexity index is 609. The molecule has 0 radical (unpaired) electrons. The van der Waals surface area contributed by atoms with Crippen LogP contribution in [0, 0.1) is 0 Å². The van der Waals surface area contributed by atoms with Crippen molar-refractivity contribution in [2.75, 3.05) is 12.9 Å². The molecule has 0 aliphatic carbocycles. The van der Waals surface area contributed by atoms with Crippen molar-refractivity contribution in [3.8, 4) is 0 Å². The number of benzene rings is 1. The SMILES string of the molecule is CS[C@@H](CO)[C@@H](C)NC(=O)Cc1cccc2cccnc12. The summed E-state index contributed by atoms with van der Waals surface area (Å²) >= 11 is 1.55. The van der Waals surface area contributed by atoms with E-state index in [2.05, 4.69) is 10.3 Å². The molecule has 0 aliphatic heterocycles. The quantitative estimate of drug-likeness (QED) is 0.857. The van der Waals surface area contributed by atoms with Gasteiger partial charge in [0.1, 0.15) is 0 Å². The second-order valence-electron chi connectivity index (χ2n) is 4.98. The van der Waals surface area contributed by atoms with Crippen molar-refractivity contribution in [3.05, 3.63) is 42.1 Å². The highest BCUT2D eigenvalue weighted by Crippen LogP contribution is 2.17. The number of rotatable bonds is 6. The standard InChI is InChI=1S/C16H20N2O2S/c1-11(14(10-19)21-2)18-15(20)9-13-6-3-5-12-7-4-8-17-16(12)13/h3-8,11,14,19H,9-10H2,1-2H3,(H,18,20)/t11-,14+/m1/s1. The number of hydrogen-bond donors (Lipinski definition) is 2. The van der Waals surface area contributed by atoms with Crippen molar-refractivity contribution in [1.82, 2.24) is 10.3 Å². The highest BCUT2D eigenvalue weighted by atomic mass is 32.2. The van der Waals surface area contributed by atoms with Crippen LogP contribution in [0.3, 0.4) is 0 Å². The molecular weight excluding hydrogens is 284 g/mol. The van der Waals surface area contributed by atoms with Crippen LogP contribution in [0.5, 0.6) is 0 Å². The minimum atomic E-state index is -0.0690. The summed E-state index contributed by atoms with van der Waals surface area (Å²) in [4.78, 5) is 16.5. The minimum absolute atomic E-state index is 0.0135. The zero-order valence-corrected chi connectivity index (χ0v) is 13.1. The van der Waals surface area contributed by atoms with Gasteiger partial charge in [0, 0.05) is 22.9 Å². The molecule has 4 nitrogen and oxygen atoms in total. The lowest BCUT2D eigenvalue weighted by Gasteiger charge is -2.21. The van der Waals surface area contributed by atoms with Gasteiger partial charge in [0.2, 0.25) is 5.91 Å². The van der Waals surface area contributed by atoms with Gasteiger partial charge in [-0.3, -0.25) is 9.78 Å². The number of nitrogens with zero attached hydrogens (tertiary/aromatic N) is 1. The zero-order valence-electron chi connectivity index (χ0n) is 12.2. The molecule has 1 aromatic heterocycles. The van der Waals surface area contributed by atoms with E-state index in [1.54, 1.807) is 18.0 Å². The van der Waals surface area contributed by atoms with Crippen LogP contribution < -0.4 is 5.32 Å². The Balaban J connectivity index is 2.08. The lowest BCUT2D eigenvalue weighted by Crippen LogP contribution is -2.41. The first-order valence-corrected chi connectivity index (χ1v) is 8.20. The number of carbonyl (C=O) groups is 1. The molecule has 5 heteroatoms. The average Bonchev–Trinajstić information content (AvgIpc) is 2.48. The third kappa shape index (κ3) is 3.95. The molecule has 0 spiro atoms. The Kier molecular flexibility index (Phi) is 5.59. The molecule has 0 saturated carbocycles. The number of aliphatic hydroxyl groups is 1. The first-order valence-electron chi connectivity index (χ1n) is 6.91. The normalized spacial score (nSPS) is 13.9. The molecule has 0 fully saturated rings. The third-order valence-corrected chi connectivity index (χ3v) is 4.66. The molecule has 1 amide bonds. The van der Waals surface area contributed by atoms with Crippen molar-refractivity contribution in [2.24, 2.45) is 0 Å². The minimum Gasteiger partial charge on any atom is -0.395 e. The van der Waals surface area contributed by atoms with Crippen molar-refractivity contribution in [1.29, 1.82) is 0 Å². The van der Waals surface area contributed by atoms with Gasteiger partial charge in [-0.25, -0.2) is 0 Å². The van der Waals surface area contributed by atoms with Crippen molar-refractivity contribution >= 4 is 28.6 Å². The summed E-state index contributed by atoms with van der Waals surface area (Å²) in [5.74, 6) is -0.0480. The van der Waals surface area contributed by atoms with Gasteiger partial charge in [-0.15, -0.1) is 0 Å². The summed E-state index contributed by atoms with van der Waals surface area (Å²) in [6.45, 7) is 1.97. The van der Waals surface area contributed by atoms with E-state index >= 15 is 0 Å². The van der Waals surface area contributed by atoms with E-state index in [1.807, 2.05) is 43.5 Å². The van der Waals surface area contributed by atoms with Crippen LogP contribution in [0.2, 0.25) is 0 Å². The fraction of sp³-hybridized carbons (Fsp3) is 0.375. The van der Waals surface area contributed by atoms with E-state index in [4.69, 9.17) is 0 Å². The largest absolute Gasteiger partial charge is 0.395 e. The van der Waals surface area contributed by atoms with Crippen molar-refractivity contribution < 1.29 is 9.90 Å². The monoisotopic (exact) mass is 304 g/mol. The van der Waals surface area contributed by atoms with Gasteiger partial charge in [0.05, 0.1) is 18.5 Å². The first kappa shape index (κ1) is 15.8. The van der Waals surface area contributed by atoms with Crippen molar-refractivity contribution in [2.45, 2.75) is 24.6 Å². The van der Waals surface area contributed by atoms with Gasteiger partial charge < -0.3 is 10.4 Å². The fourth-order valence-electron chi connectivity index (χ4n) is 2.32. The molecule has 0 aliphatic rings. The van der Waals surface area contributed by atoms with E-state index in [9.17, 15) is 9.90 Å². The number of para-hydroxylation sites is 1. The Labute approximate surface area is 129 Å². The number of aliphatic hydroxyl groups excluding tert-OH is 1. The number of thioether (sulfide) groups is 1. The molecule has 0 unspecified atom stereocenters. The molecule has 2 atom stereocenters. The number of hydrogen-bond acceptors (Lipinski definition) is 4. The smallest absolute Gasteiger partial charge is 0.224 e. The molecule has 112 valence electrons. The molecule has 21 heavy (non-hydrogen) atoms. The van der Waals surface area contributed by atoms with Crippen LogP contribution in [0.4, 0.5) is 0 Å². The van der Waals surface area contributed by atoms with Gasteiger partial charge in [-0.1, -0.05) is 24.3 Å². The molecule has 2 N–H and O–H groups in total. The summed E-state index contributed by atoms with van der Waals surface area (Å²) in [5, 5.41) is 13.3. The molecule has 0 bridgehead atoms. The predicted molar refractivity (Wildman–Crippen MR) is 87.4 cm³/mol. The van der Waals surface area contributed by atoms with Gasteiger partial charge in [-0.05, 0) is 24.8 Å². The van der Waals surface area contributed by atoms with Crippen LogP contribution in [0.25, 0.3) is 10.9 Å². The topological polar surface area (TPSA) is 62.2 Å². The highest BCUT2D eigenvalue weighted by Gasteiger charge is 2.18. The Morgan fingerprint density at radius 1 is 1.38 bits per heavy atom. The fourth-order valence-corrected chi connectivity index (χ4v) is 2.94. The summed E-state index contributed by atoms with van der Waals surface area (Å²) in [6.07, 6.45) is 3.96. The molecular formula is C16H20N2O2S. The van der Waals surface area contributed by atoms with Crippen LogP contribution in [0.15, 0.2) is 36.5 Å². The second-order valence-corrected chi connectivity index (χ2v) is 6.06. The third-order valence-electron chi connectivity index (χ3n) is 3.50. The highest BCUT2D eigenvalue weighted by molar-refractivity contribution is 7.99. The summed E-state index contributed by atoms with van der Waals surface area (Å²) in [7, 11) is 0. The summed E-state index contributed by atoms with van der Waals surface area (Å²) in [5.41, 5.74) is 1.79. The van der Waals surface area contributed by atoms with Gasteiger partial charge in [0.15, 0.2) is 0 Å². The molecule has 2 rings (SSSR count). The van der Waals surface area contributed by atoms with Crippen LogP contribution in [0.1, 0.15) is 12.5 Å². The van der Waals surface area contributed by atoms with E-state index in [-0.39, 0.29) is 23.8 Å². The van der Waals surface area contributed by atoms with Crippen LogP contribution >= 0.6 is 11.8 Å². The predicted octanol–water partition coefficient (Wildman–Crippen LogP) is 2.01. The van der Waals surface area contributed by atoms with E-state index < -0.39 is 0 Å². The molecule has 1 heterocycles. The number of fused-ring (bicyclic) bond motifs is 1. The lowest BCUT2D eigenvalue weighted by molar-refractivity contribution is -0.121. The maximum Gasteiger partial charge on any atom is 0.224 e. The van der Waals surface area contributed by atoms with Crippen molar-refractivity contribution in [3.63, 3.8) is 0 Å². The van der Waals surface area contributed by atoms with E-state index in [1.165, 1.54) is 0 Å². The Hall–Kier alpha value is -1.59. The van der Waals surface area contributed by atoms with E-state index in [0.29, 0.717) is 6.42 Å². The van der Waals surface area contributed by atoms with Crippen LogP contribution in [-0.4, -0.2) is 40.2 Å². The summed E-state index contributed by atoms with van der Waals surface area (Å²) < 4.78 is 0. The number of amides is 1. The molecule has 1 aromatic carbocycles. The number of nitrogens with one attached hydrogen (secondary N) is 1. The Morgan fingerprint density at radius 2 is 2.14 bits per heavy atom. The lowest BCUT2D eigenvalue weighted by atomic mass is 10.1. The second kappa shape index (κ2) is 7.43. The molecule has 2 aromatic rings. The zero-order chi connectivity index (χ0) is 15.2. The summed E-state index contributed by atoms with van der Waals surface area (Å²) in [6, 6.07) is 9.66. The van der Waals surface area contributed by atoms with Gasteiger partial charge in [-0.2, -0.15) is 11.8 Å². The maximum atomic E-state index is 12.2. The number of pyridine rings is 1. The molecule has 0 saturated heterocycles. The Morgan fingerprint density at radius 3 is 2.86 bits per heavy atom. The number of aromatic nitrogens is 1. The maximum absolute atomic E-state index is 12.2. The van der Waals surface area contributed by atoms with Crippen LogP contribution in [-0.2, 0) is 11.2 Å².